The van der Waals surface area contributed by atoms with Crippen LogP contribution in [-0.4, -0.2) is 32.1 Å². The van der Waals surface area contributed by atoms with Crippen LogP contribution < -0.4 is 4.18 Å². The normalized spacial score (nSPS) is 10.9. The Hall–Kier alpha value is -2.87. The molecule has 0 aliphatic carbocycles. The molecule has 7 nitrogen and oxygen atoms in total. The van der Waals surface area contributed by atoms with Gasteiger partial charge in [-0.2, -0.15) is 8.42 Å². The molecular weight excluding hydrogens is 348 g/mol. The molecular formula is C17H16O7S. The molecule has 0 atom stereocenters. The van der Waals surface area contributed by atoms with Gasteiger partial charge in [-0.05, 0) is 36.8 Å². The van der Waals surface area contributed by atoms with E-state index < -0.39 is 27.0 Å². The fourth-order valence-electron chi connectivity index (χ4n) is 1.91. The summed E-state index contributed by atoms with van der Waals surface area (Å²) in [6.45, 7) is 1.93. The number of hydrogen-bond acceptors (Lipinski definition) is 6. The Morgan fingerprint density at radius 1 is 1.04 bits per heavy atom. The van der Waals surface area contributed by atoms with E-state index in [2.05, 4.69) is 0 Å². The van der Waals surface area contributed by atoms with Gasteiger partial charge in [-0.15, -0.1) is 0 Å². The lowest BCUT2D eigenvalue weighted by Crippen LogP contribution is -2.14. The predicted octanol–water partition coefficient (Wildman–Crippen LogP) is 2.72. The predicted molar refractivity (Wildman–Crippen MR) is 88.2 cm³/mol. The summed E-state index contributed by atoms with van der Waals surface area (Å²) >= 11 is 0. The van der Waals surface area contributed by atoms with E-state index in [4.69, 9.17) is 14.0 Å². The van der Waals surface area contributed by atoms with Gasteiger partial charge in [-0.1, -0.05) is 25.1 Å². The van der Waals surface area contributed by atoms with Crippen LogP contribution in [0, 0.1) is 0 Å². The van der Waals surface area contributed by atoms with E-state index in [0.717, 1.165) is 18.2 Å². The highest BCUT2D eigenvalue weighted by Crippen LogP contribution is 2.21. The minimum Gasteiger partial charge on any atom is -0.478 e. The third-order valence-corrected chi connectivity index (χ3v) is 4.29. The largest absolute Gasteiger partial charge is 0.478 e. The zero-order chi connectivity index (χ0) is 18.4. The fourth-order valence-corrected chi connectivity index (χ4v) is 2.92. The van der Waals surface area contributed by atoms with Crippen LogP contribution in [-0.2, 0) is 14.9 Å². The number of carbonyl (C=O) groups excluding carboxylic acids is 1. The molecule has 0 radical (unpaired) electrons. The van der Waals surface area contributed by atoms with Crippen molar-refractivity contribution in [2.75, 3.05) is 6.61 Å². The first kappa shape index (κ1) is 18.5. The Balaban J connectivity index is 2.43. The summed E-state index contributed by atoms with van der Waals surface area (Å²) in [5.41, 5.74) is -0.537. The SMILES string of the molecule is CCCOC(=O)c1cc(C(=O)O)cc(S(=O)(=O)Oc2ccccc2)c1. The summed E-state index contributed by atoms with van der Waals surface area (Å²) in [4.78, 5) is 22.8. The van der Waals surface area contributed by atoms with Gasteiger partial charge in [0.25, 0.3) is 0 Å². The van der Waals surface area contributed by atoms with Crippen molar-refractivity contribution in [2.24, 2.45) is 0 Å². The lowest BCUT2D eigenvalue weighted by molar-refractivity contribution is 0.0505. The van der Waals surface area contributed by atoms with Crippen LogP contribution >= 0.6 is 0 Å². The highest BCUT2D eigenvalue weighted by molar-refractivity contribution is 7.87. The van der Waals surface area contributed by atoms with Crippen molar-refractivity contribution in [3.63, 3.8) is 0 Å². The van der Waals surface area contributed by atoms with E-state index in [-0.39, 0.29) is 23.5 Å². The molecule has 0 amide bonds. The number of hydrogen-bond donors (Lipinski definition) is 1. The van der Waals surface area contributed by atoms with Crippen LogP contribution in [0.3, 0.4) is 0 Å². The van der Waals surface area contributed by atoms with Crippen molar-refractivity contribution in [1.29, 1.82) is 0 Å². The number of para-hydroxylation sites is 1. The van der Waals surface area contributed by atoms with E-state index in [1.54, 1.807) is 25.1 Å². The average Bonchev–Trinajstić information content (AvgIpc) is 2.59. The molecule has 2 aromatic carbocycles. The maximum absolute atomic E-state index is 12.4. The molecule has 0 aliphatic rings. The number of benzene rings is 2. The van der Waals surface area contributed by atoms with Crippen molar-refractivity contribution in [3.05, 3.63) is 59.7 Å². The van der Waals surface area contributed by atoms with Crippen molar-refractivity contribution in [3.8, 4) is 5.75 Å². The van der Waals surface area contributed by atoms with Gasteiger partial charge < -0.3 is 14.0 Å². The van der Waals surface area contributed by atoms with Gasteiger partial charge in [0.1, 0.15) is 10.6 Å². The maximum atomic E-state index is 12.4. The number of rotatable bonds is 7. The van der Waals surface area contributed by atoms with Crippen LogP contribution in [0.5, 0.6) is 5.75 Å². The number of carbonyl (C=O) groups is 2. The van der Waals surface area contributed by atoms with E-state index >= 15 is 0 Å². The quantitative estimate of drug-likeness (QED) is 0.594. The maximum Gasteiger partial charge on any atom is 0.339 e. The number of esters is 1. The first-order valence-corrected chi connectivity index (χ1v) is 8.79. The summed E-state index contributed by atoms with van der Waals surface area (Å²) in [6.07, 6.45) is 0.576. The molecule has 0 unspecified atom stereocenters. The Labute approximate surface area is 144 Å². The molecule has 0 fully saturated rings. The second kappa shape index (κ2) is 7.80. The molecule has 0 saturated heterocycles. The van der Waals surface area contributed by atoms with Crippen LogP contribution in [0.1, 0.15) is 34.1 Å². The second-order valence-electron chi connectivity index (χ2n) is 5.04. The minimum absolute atomic E-state index is 0.0679. The van der Waals surface area contributed by atoms with E-state index in [1.807, 2.05) is 0 Å². The first-order chi connectivity index (χ1) is 11.8. The van der Waals surface area contributed by atoms with Crippen molar-refractivity contribution in [1.82, 2.24) is 0 Å². The molecule has 132 valence electrons. The summed E-state index contributed by atoms with van der Waals surface area (Å²) in [6, 6.07) is 10.8. The van der Waals surface area contributed by atoms with Gasteiger partial charge in [0.05, 0.1) is 17.7 Å². The summed E-state index contributed by atoms with van der Waals surface area (Å²) in [5, 5.41) is 9.16. The topological polar surface area (TPSA) is 107 Å². The van der Waals surface area contributed by atoms with Crippen LogP contribution in [0.2, 0.25) is 0 Å². The molecule has 0 aromatic heterocycles. The molecule has 0 aliphatic heterocycles. The lowest BCUT2D eigenvalue weighted by Gasteiger charge is -2.10. The van der Waals surface area contributed by atoms with Crippen LogP contribution in [0.4, 0.5) is 0 Å². The standard InChI is InChI=1S/C17H16O7S/c1-2-8-23-17(20)13-9-12(16(18)19)10-15(11-13)25(21,22)24-14-6-4-3-5-7-14/h3-7,9-11H,2,8H2,1H3,(H,18,19). The van der Waals surface area contributed by atoms with Crippen LogP contribution in [0.25, 0.3) is 0 Å². The van der Waals surface area contributed by atoms with Gasteiger partial charge in [-0.3, -0.25) is 0 Å². The molecule has 0 spiro atoms. The smallest absolute Gasteiger partial charge is 0.339 e. The van der Waals surface area contributed by atoms with Gasteiger partial charge in [0.15, 0.2) is 0 Å². The van der Waals surface area contributed by atoms with E-state index in [0.29, 0.717) is 6.42 Å². The van der Waals surface area contributed by atoms with E-state index in [9.17, 15) is 18.0 Å². The van der Waals surface area contributed by atoms with Crippen molar-refractivity contribution < 1.29 is 32.0 Å². The molecule has 0 saturated carbocycles. The molecule has 0 heterocycles. The Bertz CT molecular complexity index is 873. The number of carboxylic acids is 1. The van der Waals surface area contributed by atoms with Crippen molar-refractivity contribution in [2.45, 2.75) is 18.2 Å². The summed E-state index contributed by atoms with van der Waals surface area (Å²) in [5.74, 6) is -2.11. The molecule has 2 aromatic rings. The molecule has 1 N–H and O–H groups in total. The fraction of sp³-hybridized carbons (Fsp3) is 0.176. The number of ether oxygens (including phenoxy) is 1. The Morgan fingerprint density at radius 2 is 1.68 bits per heavy atom. The Morgan fingerprint density at radius 3 is 2.28 bits per heavy atom. The summed E-state index contributed by atoms with van der Waals surface area (Å²) in [7, 11) is -4.32. The highest BCUT2D eigenvalue weighted by Gasteiger charge is 2.22. The van der Waals surface area contributed by atoms with Gasteiger partial charge in [0.2, 0.25) is 0 Å². The third kappa shape index (κ3) is 4.80. The third-order valence-electron chi connectivity index (χ3n) is 3.06. The second-order valence-corrected chi connectivity index (χ2v) is 6.58. The van der Waals surface area contributed by atoms with Gasteiger partial charge >= 0.3 is 22.1 Å². The number of carboxylic acid groups (broad SMARTS) is 1. The summed E-state index contributed by atoms with van der Waals surface area (Å²) < 4.78 is 34.7. The van der Waals surface area contributed by atoms with Gasteiger partial charge in [0, 0.05) is 0 Å². The zero-order valence-corrected chi connectivity index (χ0v) is 14.2. The molecule has 8 heteroatoms. The molecule has 2 rings (SSSR count). The van der Waals surface area contributed by atoms with Crippen LogP contribution in [0.15, 0.2) is 53.4 Å². The monoisotopic (exact) mass is 364 g/mol. The highest BCUT2D eigenvalue weighted by atomic mass is 32.2. The minimum atomic E-state index is -4.32. The molecule has 25 heavy (non-hydrogen) atoms. The van der Waals surface area contributed by atoms with Crippen molar-refractivity contribution >= 4 is 22.1 Å². The average molecular weight is 364 g/mol. The Kier molecular flexibility index (Phi) is 5.76. The number of aromatic carboxylic acids is 1. The first-order valence-electron chi connectivity index (χ1n) is 7.38. The van der Waals surface area contributed by atoms with Gasteiger partial charge in [-0.25, -0.2) is 9.59 Å². The molecule has 0 bridgehead atoms. The van der Waals surface area contributed by atoms with E-state index in [1.165, 1.54) is 12.1 Å². The lowest BCUT2D eigenvalue weighted by atomic mass is 10.1. The zero-order valence-electron chi connectivity index (χ0n) is 13.3.